The molecule has 0 aliphatic carbocycles. The number of carbonyl (C=O) groups excluding carboxylic acids is 2. The van der Waals surface area contributed by atoms with Crippen LogP contribution < -0.4 is 10.6 Å². The van der Waals surface area contributed by atoms with Crippen molar-refractivity contribution in [2.75, 3.05) is 6.54 Å². The second kappa shape index (κ2) is 9.59. The highest BCUT2D eigenvalue weighted by Gasteiger charge is 2.21. The van der Waals surface area contributed by atoms with Crippen LogP contribution in [0.2, 0.25) is 0 Å². The molecule has 0 aromatic heterocycles. The van der Waals surface area contributed by atoms with Crippen LogP contribution in [0.25, 0.3) is 0 Å². The first-order valence-electron chi connectivity index (χ1n) is 8.42. The third-order valence-corrected chi connectivity index (χ3v) is 3.80. The van der Waals surface area contributed by atoms with Gasteiger partial charge in [-0.3, -0.25) is 9.59 Å². The van der Waals surface area contributed by atoms with Crippen molar-refractivity contribution in [1.29, 1.82) is 0 Å². The Bertz CT molecular complexity index is 672. The quantitative estimate of drug-likeness (QED) is 0.687. The van der Waals surface area contributed by atoms with Crippen LogP contribution in [0.3, 0.4) is 0 Å². The van der Waals surface area contributed by atoms with Gasteiger partial charge >= 0.3 is 0 Å². The van der Waals surface area contributed by atoms with E-state index in [1.807, 2.05) is 36.4 Å². The van der Waals surface area contributed by atoms with Gasteiger partial charge in [-0.15, -0.1) is 0 Å². The number of hydrogen-bond donors (Lipinski definition) is 3. The monoisotopic (exact) mass is 340 g/mol. The molecule has 0 aliphatic rings. The molecule has 132 valence electrons. The van der Waals surface area contributed by atoms with Gasteiger partial charge in [-0.05, 0) is 31.0 Å². The largest absolute Gasteiger partial charge is 0.393 e. The normalized spacial score (nSPS) is 12.9. The molecule has 0 saturated heterocycles. The molecule has 0 aliphatic heterocycles. The fourth-order valence-corrected chi connectivity index (χ4v) is 2.42. The molecule has 5 nitrogen and oxygen atoms in total. The highest BCUT2D eigenvalue weighted by atomic mass is 16.3. The molecule has 2 atom stereocenters. The fourth-order valence-electron chi connectivity index (χ4n) is 2.42. The van der Waals surface area contributed by atoms with E-state index in [-0.39, 0.29) is 11.8 Å². The lowest BCUT2D eigenvalue weighted by atomic mass is 10.0. The number of aliphatic hydroxyl groups is 1. The van der Waals surface area contributed by atoms with E-state index in [2.05, 4.69) is 10.6 Å². The van der Waals surface area contributed by atoms with Crippen LogP contribution in [0.5, 0.6) is 0 Å². The zero-order chi connectivity index (χ0) is 18.1. The van der Waals surface area contributed by atoms with Gasteiger partial charge in [0.1, 0.15) is 6.04 Å². The Morgan fingerprint density at radius 2 is 1.60 bits per heavy atom. The minimum absolute atomic E-state index is 0.256. The molecule has 0 heterocycles. The number of amides is 2. The maximum absolute atomic E-state index is 12.5. The zero-order valence-corrected chi connectivity index (χ0v) is 14.3. The van der Waals surface area contributed by atoms with Gasteiger partial charge in [0.25, 0.3) is 5.91 Å². The Morgan fingerprint density at radius 1 is 1.00 bits per heavy atom. The number of carbonyl (C=O) groups is 2. The minimum atomic E-state index is -0.677. The summed E-state index contributed by atoms with van der Waals surface area (Å²) in [6.07, 6.45) is 0.392. The average molecular weight is 340 g/mol. The van der Waals surface area contributed by atoms with E-state index >= 15 is 0 Å². The van der Waals surface area contributed by atoms with E-state index < -0.39 is 12.1 Å². The highest BCUT2D eigenvalue weighted by Crippen LogP contribution is 2.06. The molecular weight excluding hydrogens is 316 g/mol. The summed E-state index contributed by atoms with van der Waals surface area (Å²) in [5.74, 6) is -0.541. The molecule has 0 fully saturated rings. The molecule has 2 aromatic rings. The van der Waals surface area contributed by atoms with E-state index in [1.165, 1.54) is 0 Å². The van der Waals surface area contributed by atoms with Crippen molar-refractivity contribution in [3.63, 3.8) is 0 Å². The maximum Gasteiger partial charge on any atom is 0.251 e. The van der Waals surface area contributed by atoms with E-state index in [0.29, 0.717) is 24.9 Å². The number of aliphatic hydroxyl groups excluding tert-OH is 1. The number of benzene rings is 2. The van der Waals surface area contributed by atoms with Crippen molar-refractivity contribution in [2.24, 2.45) is 0 Å². The molecule has 2 amide bonds. The molecule has 0 bridgehead atoms. The molecule has 0 radical (unpaired) electrons. The van der Waals surface area contributed by atoms with Crippen LogP contribution in [0, 0.1) is 0 Å². The van der Waals surface area contributed by atoms with E-state index in [4.69, 9.17) is 0 Å². The first-order chi connectivity index (χ1) is 12.1. The van der Waals surface area contributed by atoms with Crippen LogP contribution in [0.15, 0.2) is 60.7 Å². The summed E-state index contributed by atoms with van der Waals surface area (Å²) in [7, 11) is 0. The second-order valence-electron chi connectivity index (χ2n) is 6.01. The van der Waals surface area contributed by atoms with Crippen molar-refractivity contribution in [3.8, 4) is 0 Å². The van der Waals surface area contributed by atoms with Crippen LogP contribution >= 0.6 is 0 Å². The maximum atomic E-state index is 12.5. The molecule has 0 saturated carbocycles. The molecule has 25 heavy (non-hydrogen) atoms. The Hall–Kier alpha value is -2.66. The van der Waals surface area contributed by atoms with Crippen molar-refractivity contribution >= 4 is 11.8 Å². The fraction of sp³-hybridized carbons (Fsp3) is 0.300. The lowest BCUT2D eigenvalue weighted by Crippen LogP contribution is -2.48. The van der Waals surface area contributed by atoms with Crippen LogP contribution in [0.1, 0.15) is 29.3 Å². The SMILES string of the molecule is CC(O)CCNC(=O)C(Cc1ccccc1)NC(=O)c1ccccc1. The topological polar surface area (TPSA) is 78.4 Å². The number of nitrogens with one attached hydrogen (secondary N) is 2. The van der Waals surface area contributed by atoms with E-state index in [1.54, 1.807) is 31.2 Å². The Kier molecular flexibility index (Phi) is 7.16. The lowest BCUT2D eigenvalue weighted by Gasteiger charge is -2.19. The van der Waals surface area contributed by atoms with Gasteiger partial charge in [0.2, 0.25) is 5.91 Å². The molecule has 2 aromatic carbocycles. The predicted molar refractivity (Wildman–Crippen MR) is 97.1 cm³/mol. The summed E-state index contributed by atoms with van der Waals surface area (Å²) >= 11 is 0. The molecule has 0 spiro atoms. The predicted octanol–water partition coefficient (Wildman–Crippen LogP) is 1.91. The van der Waals surface area contributed by atoms with Crippen molar-refractivity contribution < 1.29 is 14.7 Å². The first kappa shape index (κ1) is 18.7. The lowest BCUT2D eigenvalue weighted by molar-refractivity contribution is -0.123. The Balaban J connectivity index is 2.05. The summed E-state index contributed by atoms with van der Waals surface area (Å²) in [4.78, 5) is 24.9. The van der Waals surface area contributed by atoms with Gasteiger partial charge in [-0.2, -0.15) is 0 Å². The average Bonchev–Trinajstić information content (AvgIpc) is 2.62. The standard InChI is InChI=1S/C20H24N2O3/c1-15(23)12-13-21-20(25)18(14-16-8-4-2-5-9-16)22-19(24)17-10-6-3-7-11-17/h2-11,15,18,23H,12-14H2,1H3,(H,21,25)(H,22,24). The van der Waals surface area contributed by atoms with Crippen LogP contribution in [-0.4, -0.2) is 35.6 Å². The van der Waals surface area contributed by atoms with E-state index in [0.717, 1.165) is 5.56 Å². The van der Waals surface area contributed by atoms with E-state index in [9.17, 15) is 14.7 Å². The van der Waals surface area contributed by atoms with Gasteiger partial charge in [-0.1, -0.05) is 48.5 Å². The van der Waals surface area contributed by atoms with Gasteiger partial charge in [0.05, 0.1) is 6.10 Å². The molecular formula is C20H24N2O3. The summed E-state index contributed by atoms with van der Waals surface area (Å²) in [5.41, 5.74) is 1.48. The smallest absolute Gasteiger partial charge is 0.251 e. The Morgan fingerprint density at radius 3 is 2.20 bits per heavy atom. The summed E-state index contributed by atoms with van der Waals surface area (Å²) in [5, 5.41) is 14.9. The van der Waals surface area contributed by atoms with Gasteiger partial charge in [0.15, 0.2) is 0 Å². The highest BCUT2D eigenvalue weighted by molar-refractivity contribution is 5.97. The van der Waals surface area contributed by atoms with Crippen LogP contribution in [0.4, 0.5) is 0 Å². The van der Waals surface area contributed by atoms with Crippen molar-refractivity contribution in [1.82, 2.24) is 10.6 Å². The Labute approximate surface area is 148 Å². The van der Waals surface area contributed by atoms with Crippen molar-refractivity contribution in [3.05, 3.63) is 71.8 Å². The molecule has 5 heteroatoms. The molecule has 2 unspecified atom stereocenters. The van der Waals surface area contributed by atoms with Crippen LogP contribution in [-0.2, 0) is 11.2 Å². The van der Waals surface area contributed by atoms with Gasteiger partial charge in [0, 0.05) is 18.5 Å². The minimum Gasteiger partial charge on any atom is -0.393 e. The summed E-state index contributed by atoms with van der Waals surface area (Å²) in [6, 6.07) is 17.7. The number of hydrogen-bond acceptors (Lipinski definition) is 3. The molecule has 3 N–H and O–H groups in total. The summed E-state index contributed by atoms with van der Waals surface area (Å²) < 4.78 is 0. The number of rotatable bonds is 8. The van der Waals surface area contributed by atoms with Gasteiger partial charge < -0.3 is 15.7 Å². The molecule has 2 rings (SSSR count). The van der Waals surface area contributed by atoms with Crippen molar-refractivity contribution in [2.45, 2.75) is 31.9 Å². The summed E-state index contributed by atoms with van der Waals surface area (Å²) in [6.45, 7) is 2.04. The third-order valence-electron chi connectivity index (χ3n) is 3.80. The van der Waals surface area contributed by atoms with Gasteiger partial charge in [-0.25, -0.2) is 0 Å². The second-order valence-corrected chi connectivity index (χ2v) is 6.01. The first-order valence-corrected chi connectivity index (χ1v) is 8.42. The zero-order valence-electron chi connectivity index (χ0n) is 14.3. The third kappa shape index (κ3) is 6.39.